The molecule has 0 aliphatic carbocycles. The largest absolute Gasteiger partial charge is 0.472 e. The Hall–Kier alpha value is -2.46. The average molecular weight is 1390 g/mol. The number of esters is 4. The van der Waals surface area contributed by atoms with Crippen molar-refractivity contribution in [3.63, 3.8) is 0 Å². The predicted molar refractivity (Wildman–Crippen MR) is 386 cm³/mol. The minimum absolute atomic E-state index is 0.0835. The van der Waals surface area contributed by atoms with Crippen LogP contribution in [0.4, 0.5) is 0 Å². The first-order chi connectivity index (χ1) is 45.8. The lowest BCUT2D eigenvalue weighted by atomic mass is 9.99. The molecule has 0 bridgehead atoms. The summed E-state index contributed by atoms with van der Waals surface area (Å²) in [6.45, 7) is 11.7. The molecule has 0 aromatic carbocycles. The van der Waals surface area contributed by atoms with Crippen LogP contribution in [0.15, 0.2) is 24.3 Å². The second-order valence-electron chi connectivity index (χ2n) is 27.9. The first-order valence-corrected chi connectivity index (χ1v) is 41.7. The number of aliphatic hydroxyl groups is 1. The van der Waals surface area contributed by atoms with Crippen molar-refractivity contribution in [3.8, 4) is 0 Å². The van der Waals surface area contributed by atoms with Gasteiger partial charge in [-0.05, 0) is 69.1 Å². The van der Waals surface area contributed by atoms with E-state index in [0.717, 1.165) is 115 Å². The molecule has 0 radical (unpaired) electrons. The second kappa shape index (κ2) is 66.1. The van der Waals surface area contributed by atoms with Gasteiger partial charge in [0.1, 0.15) is 19.3 Å². The number of ether oxygens (including phenoxy) is 4. The van der Waals surface area contributed by atoms with Gasteiger partial charge >= 0.3 is 39.5 Å². The van der Waals surface area contributed by atoms with Gasteiger partial charge in [0, 0.05) is 25.7 Å². The van der Waals surface area contributed by atoms with Gasteiger partial charge in [-0.1, -0.05) is 310 Å². The Morgan fingerprint density at radius 1 is 0.347 bits per heavy atom. The highest BCUT2D eigenvalue weighted by molar-refractivity contribution is 7.47. The zero-order valence-electron chi connectivity index (χ0n) is 61.6. The SMILES string of the molecule is CCCCCC/C=C\C=C/CCCCCCCC(=O)O[C@H](COC(=O)CCCCCCCCC(C)C)COP(=O)(O)OC[C@H](O)COP(=O)(O)OC[C@@H](COC(=O)CCCCCCCCCCCCCCCCCCCCC(C)CC)OC(=O)CCCCCCCCC(C)C. The molecule has 6 atom stereocenters. The van der Waals surface area contributed by atoms with E-state index in [1.807, 2.05) is 0 Å². The van der Waals surface area contributed by atoms with Gasteiger partial charge in [0.15, 0.2) is 12.2 Å². The van der Waals surface area contributed by atoms with Crippen LogP contribution in [0.25, 0.3) is 0 Å². The van der Waals surface area contributed by atoms with Crippen molar-refractivity contribution in [1.29, 1.82) is 0 Å². The van der Waals surface area contributed by atoms with Gasteiger partial charge in [0.05, 0.1) is 26.4 Å². The minimum atomic E-state index is -4.96. The monoisotopic (exact) mass is 1390 g/mol. The maximum atomic E-state index is 13.0. The first-order valence-electron chi connectivity index (χ1n) is 38.7. The molecule has 0 saturated heterocycles. The van der Waals surface area contributed by atoms with Crippen LogP contribution in [-0.2, 0) is 65.4 Å². The molecule has 0 aromatic rings. The highest BCUT2D eigenvalue weighted by Crippen LogP contribution is 2.45. The van der Waals surface area contributed by atoms with E-state index in [-0.39, 0.29) is 25.7 Å². The average Bonchev–Trinajstić information content (AvgIpc) is 2.47. The fourth-order valence-corrected chi connectivity index (χ4v) is 12.6. The lowest BCUT2D eigenvalue weighted by Gasteiger charge is -2.21. The molecule has 95 heavy (non-hydrogen) atoms. The van der Waals surface area contributed by atoms with Gasteiger partial charge in [0.25, 0.3) is 0 Å². The van der Waals surface area contributed by atoms with Crippen molar-refractivity contribution in [2.45, 2.75) is 381 Å². The van der Waals surface area contributed by atoms with Crippen LogP contribution in [0.5, 0.6) is 0 Å². The number of phosphoric ester groups is 2. The third kappa shape index (κ3) is 68.5. The number of unbranched alkanes of at least 4 members (excludes halogenated alkanes) is 36. The topological polar surface area (TPSA) is 237 Å². The Balaban J connectivity index is 5.12. The Morgan fingerprint density at radius 2 is 0.621 bits per heavy atom. The molecular weight excluding hydrogens is 1250 g/mol. The standard InChI is InChI=1S/C76H144O17P2/c1-8-10-11-12-13-14-15-16-21-26-29-32-35-45-52-59-75(80)92-71(64-87-74(79)58-51-44-38-36-40-47-54-67(3)4)65-90-94(82,83)88-61-70(77)62-89-95(84,85)91-66-72(93-76(81)60-53-46-39-37-41-48-55-68(5)6)63-86-73(78)57-50-43-34-31-28-25-23-20-18-17-19-22-24-27-30-33-42-49-56-69(7)9-2/h14-16,21,67-72,77H,8-13,17-20,22-66H2,1-7H3,(H,82,83)(H,84,85)/b15-14-,21-16-/t69?,70-,71+,72+/m0/s1. The number of hydrogen-bond donors (Lipinski definition) is 3. The molecular formula is C76H144O17P2. The molecule has 560 valence electrons. The summed E-state index contributed by atoms with van der Waals surface area (Å²) in [5.41, 5.74) is 0. The zero-order valence-corrected chi connectivity index (χ0v) is 63.4. The lowest BCUT2D eigenvalue weighted by Crippen LogP contribution is -2.30. The molecule has 0 heterocycles. The highest BCUT2D eigenvalue weighted by atomic mass is 31.2. The minimum Gasteiger partial charge on any atom is -0.462 e. The van der Waals surface area contributed by atoms with Gasteiger partial charge in [-0.3, -0.25) is 37.3 Å². The number of allylic oxidation sites excluding steroid dienone is 4. The van der Waals surface area contributed by atoms with Crippen molar-refractivity contribution in [3.05, 3.63) is 24.3 Å². The smallest absolute Gasteiger partial charge is 0.462 e. The molecule has 0 aromatic heterocycles. The van der Waals surface area contributed by atoms with E-state index >= 15 is 0 Å². The summed E-state index contributed by atoms with van der Waals surface area (Å²) in [5.74, 6) is 0.0585. The number of carbonyl (C=O) groups excluding carboxylic acids is 4. The summed E-state index contributed by atoms with van der Waals surface area (Å²) in [6, 6.07) is 0. The third-order valence-electron chi connectivity index (χ3n) is 17.4. The Labute approximate surface area is 580 Å². The summed E-state index contributed by atoms with van der Waals surface area (Å²) in [5, 5.41) is 10.6. The van der Waals surface area contributed by atoms with E-state index in [9.17, 15) is 43.2 Å². The van der Waals surface area contributed by atoms with E-state index in [1.165, 1.54) is 154 Å². The van der Waals surface area contributed by atoms with Crippen LogP contribution in [0.3, 0.4) is 0 Å². The Bertz CT molecular complexity index is 1950. The number of aliphatic hydroxyl groups excluding tert-OH is 1. The van der Waals surface area contributed by atoms with Crippen LogP contribution in [-0.4, -0.2) is 96.7 Å². The van der Waals surface area contributed by atoms with Crippen LogP contribution < -0.4 is 0 Å². The highest BCUT2D eigenvalue weighted by Gasteiger charge is 2.30. The van der Waals surface area contributed by atoms with Crippen molar-refractivity contribution in [2.24, 2.45) is 17.8 Å². The number of rotatable bonds is 72. The molecule has 17 nitrogen and oxygen atoms in total. The molecule has 0 saturated carbocycles. The molecule has 0 aliphatic heterocycles. The maximum Gasteiger partial charge on any atom is 0.472 e. The normalized spacial score (nSPS) is 14.5. The molecule has 0 fully saturated rings. The third-order valence-corrected chi connectivity index (χ3v) is 19.3. The van der Waals surface area contributed by atoms with E-state index in [1.54, 1.807) is 0 Å². The quantitative estimate of drug-likeness (QED) is 0.0169. The summed E-state index contributed by atoms with van der Waals surface area (Å²) in [4.78, 5) is 72.6. The van der Waals surface area contributed by atoms with Crippen molar-refractivity contribution in [1.82, 2.24) is 0 Å². The summed E-state index contributed by atoms with van der Waals surface area (Å²) in [6.07, 6.45) is 55.4. The molecule has 0 amide bonds. The predicted octanol–water partition coefficient (Wildman–Crippen LogP) is 21.7. The number of hydrogen-bond acceptors (Lipinski definition) is 15. The molecule has 19 heteroatoms. The summed E-state index contributed by atoms with van der Waals surface area (Å²) in [7, 11) is -9.92. The van der Waals surface area contributed by atoms with E-state index < -0.39 is 97.5 Å². The summed E-state index contributed by atoms with van der Waals surface area (Å²) >= 11 is 0. The second-order valence-corrected chi connectivity index (χ2v) is 30.8. The fraction of sp³-hybridized carbons (Fsp3) is 0.895. The lowest BCUT2D eigenvalue weighted by molar-refractivity contribution is -0.161. The first kappa shape index (κ1) is 92.5. The van der Waals surface area contributed by atoms with Gasteiger partial charge in [-0.25, -0.2) is 9.13 Å². The maximum absolute atomic E-state index is 13.0. The van der Waals surface area contributed by atoms with E-state index in [2.05, 4.69) is 72.8 Å². The van der Waals surface area contributed by atoms with Crippen molar-refractivity contribution in [2.75, 3.05) is 39.6 Å². The van der Waals surface area contributed by atoms with Gasteiger partial charge in [-0.15, -0.1) is 0 Å². The van der Waals surface area contributed by atoms with E-state index in [0.29, 0.717) is 37.5 Å². The van der Waals surface area contributed by atoms with Crippen molar-refractivity contribution >= 4 is 39.5 Å². The zero-order chi connectivity index (χ0) is 70.1. The van der Waals surface area contributed by atoms with Crippen molar-refractivity contribution < 1.29 is 80.2 Å². The van der Waals surface area contributed by atoms with Gasteiger partial charge in [-0.2, -0.15) is 0 Å². The number of phosphoric acid groups is 2. The molecule has 0 spiro atoms. The van der Waals surface area contributed by atoms with Crippen LogP contribution in [0, 0.1) is 17.8 Å². The van der Waals surface area contributed by atoms with Crippen LogP contribution >= 0.6 is 15.6 Å². The molecule has 0 rings (SSSR count). The van der Waals surface area contributed by atoms with Crippen LogP contribution in [0.2, 0.25) is 0 Å². The Kier molecular flexibility index (Phi) is 64.4. The summed E-state index contributed by atoms with van der Waals surface area (Å²) < 4.78 is 68.3. The number of carbonyl (C=O) groups is 4. The van der Waals surface area contributed by atoms with E-state index in [4.69, 9.17) is 37.0 Å². The Morgan fingerprint density at radius 3 is 0.937 bits per heavy atom. The fourth-order valence-electron chi connectivity index (χ4n) is 11.0. The van der Waals surface area contributed by atoms with Crippen LogP contribution in [0.1, 0.15) is 363 Å². The van der Waals surface area contributed by atoms with Gasteiger partial charge < -0.3 is 33.8 Å². The molecule has 0 aliphatic rings. The molecule has 3 unspecified atom stereocenters. The van der Waals surface area contributed by atoms with Gasteiger partial charge in [0.2, 0.25) is 0 Å². The molecule has 3 N–H and O–H groups in total.